The first-order valence-corrected chi connectivity index (χ1v) is 7.33. The SMILES string of the molecule is CCOC(=O)c1cccc(CCc2ccccc2)c1C(F)(F)F. The summed E-state index contributed by atoms with van der Waals surface area (Å²) in [5.41, 5.74) is -0.270. The van der Waals surface area contributed by atoms with Crippen LogP contribution in [0.3, 0.4) is 0 Å². The van der Waals surface area contributed by atoms with E-state index in [1.165, 1.54) is 12.1 Å². The van der Waals surface area contributed by atoms with Crippen LogP contribution in [0.4, 0.5) is 13.2 Å². The van der Waals surface area contributed by atoms with E-state index in [1.54, 1.807) is 6.92 Å². The van der Waals surface area contributed by atoms with Crippen LogP contribution in [0.2, 0.25) is 0 Å². The third-order valence-corrected chi connectivity index (χ3v) is 3.46. The number of halogens is 3. The standard InChI is InChI=1S/C18H17F3O2/c1-2-23-17(22)15-10-6-9-14(16(15)18(19,20)21)12-11-13-7-4-3-5-8-13/h3-10H,2,11-12H2,1H3. The molecule has 122 valence electrons. The van der Waals surface area contributed by atoms with Gasteiger partial charge in [-0.2, -0.15) is 13.2 Å². The Bertz CT molecular complexity index is 664. The Balaban J connectivity index is 2.35. The molecule has 2 aromatic carbocycles. The highest BCUT2D eigenvalue weighted by Crippen LogP contribution is 2.35. The second-order valence-electron chi connectivity index (χ2n) is 5.04. The summed E-state index contributed by atoms with van der Waals surface area (Å²) < 4.78 is 45.0. The van der Waals surface area contributed by atoms with Gasteiger partial charge in [0.05, 0.1) is 17.7 Å². The molecule has 0 amide bonds. The van der Waals surface area contributed by atoms with Crippen LogP contribution in [-0.4, -0.2) is 12.6 Å². The molecule has 0 aliphatic heterocycles. The predicted octanol–water partition coefficient (Wildman–Crippen LogP) is 4.67. The minimum atomic E-state index is -4.60. The summed E-state index contributed by atoms with van der Waals surface area (Å²) in [5, 5.41) is 0. The van der Waals surface area contributed by atoms with E-state index in [2.05, 4.69) is 0 Å². The van der Waals surface area contributed by atoms with Gasteiger partial charge in [0.25, 0.3) is 0 Å². The monoisotopic (exact) mass is 322 g/mol. The Hall–Kier alpha value is -2.30. The molecule has 0 aromatic heterocycles. The topological polar surface area (TPSA) is 26.3 Å². The van der Waals surface area contributed by atoms with Gasteiger partial charge in [0, 0.05) is 0 Å². The molecule has 0 aliphatic carbocycles. The molecule has 0 spiro atoms. The zero-order chi connectivity index (χ0) is 16.9. The van der Waals surface area contributed by atoms with Gasteiger partial charge in [-0.15, -0.1) is 0 Å². The van der Waals surface area contributed by atoms with Gasteiger partial charge in [-0.3, -0.25) is 0 Å². The van der Waals surface area contributed by atoms with Crippen molar-refractivity contribution in [2.45, 2.75) is 25.9 Å². The average Bonchev–Trinajstić information content (AvgIpc) is 2.53. The first kappa shape index (κ1) is 17.1. The van der Waals surface area contributed by atoms with Crippen LogP contribution in [0.1, 0.15) is 34.0 Å². The summed E-state index contributed by atoms with van der Waals surface area (Å²) in [6.45, 7) is 1.59. The van der Waals surface area contributed by atoms with Crippen molar-refractivity contribution in [1.29, 1.82) is 0 Å². The average molecular weight is 322 g/mol. The number of carbonyl (C=O) groups is 1. The number of ether oxygens (including phenoxy) is 1. The van der Waals surface area contributed by atoms with E-state index in [1.807, 2.05) is 30.3 Å². The van der Waals surface area contributed by atoms with Crippen LogP contribution in [-0.2, 0) is 23.8 Å². The fourth-order valence-electron chi connectivity index (χ4n) is 2.45. The number of carbonyl (C=O) groups excluding carboxylic acids is 1. The minimum Gasteiger partial charge on any atom is -0.462 e. The Kier molecular flexibility index (Phi) is 5.42. The molecule has 2 rings (SSSR count). The smallest absolute Gasteiger partial charge is 0.417 e. The molecular formula is C18H17F3O2. The molecule has 0 N–H and O–H groups in total. The van der Waals surface area contributed by atoms with Crippen LogP contribution >= 0.6 is 0 Å². The lowest BCUT2D eigenvalue weighted by Crippen LogP contribution is -2.18. The van der Waals surface area contributed by atoms with Gasteiger partial charge in [0.2, 0.25) is 0 Å². The molecule has 0 heterocycles. The van der Waals surface area contributed by atoms with E-state index in [0.29, 0.717) is 6.42 Å². The molecule has 0 fully saturated rings. The number of esters is 1. The third kappa shape index (κ3) is 4.34. The van der Waals surface area contributed by atoms with Crippen LogP contribution < -0.4 is 0 Å². The highest BCUT2D eigenvalue weighted by Gasteiger charge is 2.38. The van der Waals surface area contributed by atoms with Crippen LogP contribution in [0.5, 0.6) is 0 Å². The summed E-state index contributed by atoms with van der Waals surface area (Å²) in [6.07, 6.45) is -3.93. The normalized spacial score (nSPS) is 11.3. The second kappa shape index (κ2) is 7.31. The molecule has 0 saturated heterocycles. The van der Waals surface area contributed by atoms with Gasteiger partial charge in [0.1, 0.15) is 0 Å². The van der Waals surface area contributed by atoms with E-state index in [4.69, 9.17) is 4.74 Å². The van der Waals surface area contributed by atoms with Crippen molar-refractivity contribution in [3.8, 4) is 0 Å². The zero-order valence-electron chi connectivity index (χ0n) is 12.7. The largest absolute Gasteiger partial charge is 0.462 e. The van der Waals surface area contributed by atoms with Crippen molar-refractivity contribution < 1.29 is 22.7 Å². The van der Waals surface area contributed by atoms with Crippen LogP contribution in [0, 0.1) is 0 Å². The Morgan fingerprint density at radius 2 is 1.70 bits per heavy atom. The van der Waals surface area contributed by atoms with Crippen LogP contribution in [0.25, 0.3) is 0 Å². The zero-order valence-corrected chi connectivity index (χ0v) is 12.7. The summed E-state index contributed by atoms with van der Waals surface area (Å²) >= 11 is 0. The van der Waals surface area contributed by atoms with Crippen molar-refractivity contribution in [3.05, 3.63) is 70.8 Å². The van der Waals surface area contributed by atoms with Crippen LogP contribution in [0.15, 0.2) is 48.5 Å². The molecule has 0 atom stereocenters. The van der Waals surface area contributed by atoms with Gasteiger partial charge in [-0.05, 0) is 37.0 Å². The van der Waals surface area contributed by atoms with E-state index < -0.39 is 23.3 Å². The van der Waals surface area contributed by atoms with Crippen molar-refractivity contribution >= 4 is 5.97 Å². The number of benzene rings is 2. The maximum absolute atomic E-state index is 13.4. The second-order valence-corrected chi connectivity index (χ2v) is 5.04. The molecule has 5 heteroatoms. The molecule has 0 saturated carbocycles. The van der Waals surface area contributed by atoms with E-state index >= 15 is 0 Å². The molecule has 2 nitrogen and oxygen atoms in total. The number of rotatable bonds is 5. The van der Waals surface area contributed by atoms with Crippen molar-refractivity contribution in [2.24, 2.45) is 0 Å². The number of hydrogen-bond donors (Lipinski definition) is 0. The molecular weight excluding hydrogens is 305 g/mol. The first-order chi connectivity index (χ1) is 10.9. The van der Waals surface area contributed by atoms with Gasteiger partial charge >= 0.3 is 12.1 Å². The van der Waals surface area contributed by atoms with E-state index in [0.717, 1.165) is 11.6 Å². The van der Waals surface area contributed by atoms with Crippen molar-refractivity contribution in [1.82, 2.24) is 0 Å². The lowest BCUT2D eigenvalue weighted by molar-refractivity contribution is -0.138. The van der Waals surface area contributed by atoms with Crippen molar-refractivity contribution in [2.75, 3.05) is 6.61 Å². The predicted molar refractivity (Wildman–Crippen MR) is 81.3 cm³/mol. The molecule has 0 unspecified atom stereocenters. The fraction of sp³-hybridized carbons (Fsp3) is 0.278. The van der Waals surface area contributed by atoms with Gasteiger partial charge in [-0.25, -0.2) is 4.79 Å². The van der Waals surface area contributed by atoms with Gasteiger partial charge < -0.3 is 4.74 Å². The lowest BCUT2D eigenvalue weighted by Gasteiger charge is -2.16. The van der Waals surface area contributed by atoms with Crippen molar-refractivity contribution in [3.63, 3.8) is 0 Å². The number of alkyl halides is 3. The third-order valence-electron chi connectivity index (χ3n) is 3.46. The van der Waals surface area contributed by atoms with Gasteiger partial charge in [0.15, 0.2) is 0 Å². The minimum absolute atomic E-state index is 0.0321. The summed E-state index contributed by atoms with van der Waals surface area (Å²) in [4.78, 5) is 11.8. The fourth-order valence-corrected chi connectivity index (χ4v) is 2.45. The number of aryl methyl sites for hydroxylation is 2. The molecule has 0 aliphatic rings. The first-order valence-electron chi connectivity index (χ1n) is 7.33. The maximum Gasteiger partial charge on any atom is 0.417 e. The molecule has 2 aromatic rings. The Morgan fingerprint density at radius 1 is 1.00 bits per heavy atom. The molecule has 23 heavy (non-hydrogen) atoms. The highest BCUT2D eigenvalue weighted by atomic mass is 19.4. The summed E-state index contributed by atoms with van der Waals surface area (Å²) in [5.74, 6) is -0.943. The van der Waals surface area contributed by atoms with E-state index in [-0.39, 0.29) is 18.6 Å². The quantitative estimate of drug-likeness (QED) is 0.748. The molecule has 0 radical (unpaired) electrons. The Morgan fingerprint density at radius 3 is 2.30 bits per heavy atom. The van der Waals surface area contributed by atoms with E-state index in [9.17, 15) is 18.0 Å². The summed E-state index contributed by atoms with van der Waals surface area (Å²) in [7, 11) is 0. The maximum atomic E-state index is 13.4. The Labute approximate surface area is 132 Å². The number of hydrogen-bond acceptors (Lipinski definition) is 2. The summed E-state index contributed by atoms with van der Waals surface area (Å²) in [6, 6.07) is 13.3. The van der Waals surface area contributed by atoms with Gasteiger partial charge in [-0.1, -0.05) is 42.5 Å². The lowest BCUT2D eigenvalue weighted by atomic mass is 9.95. The molecule has 0 bridgehead atoms. The highest BCUT2D eigenvalue weighted by molar-refractivity contribution is 5.91.